The molecule has 0 radical (unpaired) electrons. The predicted molar refractivity (Wildman–Crippen MR) is 88.0 cm³/mol. The Morgan fingerprint density at radius 1 is 1.12 bits per heavy atom. The van der Waals surface area contributed by atoms with Crippen molar-refractivity contribution in [1.82, 2.24) is 0 Å². The number of benzene rings is 2. The van der Waals surface area contributed by atoms with Gasteiger partial charge in [-0.15, -0.1) is 0 Å². The zero-order valence-corrected chi connectivity index (χ0v) is 13.4. The Morgan fingerprint density at radius 3 is 2.40 bits per heavy atom. The summed E-state index contributed by atoms with van der Waals surface area (Å²) in [6, 6.07) is 9.62. The molecule has 1 heterocycles. The minimum absolute atomic E-state index is 0.0663. The second-order valence-corrected chi connectivity index (χ2v) is 5.65. The van der Waals surface area contributed by atoms with E-state index >= 15 is 0 Å². The van der Waals surface area contributed by atoms with E-state index in [-0.39, 0.29) is 17.7 Å². The highest BCUT2D eigenvalue weighted by Crippen LogP contribution is 2.41. The lowest BCUT2D eigenvalue weighted by atomic mass is 9.95. The molecule has 1 atom stereocenters. The SMILES string of the molecule is CCC(=O)C1=C(O)C(=O)N(c2cccc(F)c2)C1c1ccc(F)cc1. The van der Waals surface area contributed by atoms with Crippen molar-refractivity contribution in [3.05, 3.63) is 77.1 Å². The van der Waals surface area contributed by atoms with Crippen molar-refractivity contribution in [2.75, 3.05) is 4.90 Å². The summed E-state index contributed by atoms with van der Waals surface area (Å²) in [5, 5.41) is 10.2. The normalized spacial score (nSPS) is 17.3. The third-order valence-electron chi connectivity index (χ3n) is 4.10. The van der Waals surface area contributed by atoms with Crippen LogP contribution in [0.15, 0.2) is 59.9 Å². The molecule has 0 fully saturated rings. The Balaban J connectivity index is 2.18. The first-order valence-corrected chi connectivity index (χ1v) is 7.75. The fourth-order valence-electron chi connectivity index (χ4n) is 2.93. The summed E-state index contributed by atoms with van der Waals surface area (Å²) in [6.07, 6.45) is 0.0847. The number of carbonyl (C=O) groups is 2. The number of carbonyl (C=O) groups excluding carboxylic acids is 2. The average molecular weight is 343 g/mol. The van der Waals surface area contributed by atoms with Crippen LogP contribution in [0.3, 0.4) is 0 Å². The van der Waals surface area contributed by atoms with Gasteiger partial charge in [-0.25, -0.2) is 8.78 Å². The van der Waals surface area contributed by atoms with Crippen LogP contribution in [0.2, 0.25) is 0 Å². The minimum atomic E-state index is -0.942. The maximum absolute atomic E-state index is 13.6. The molecule has 1 aliphatic heterocycles. The number of rotatable bonds is 4. The van der Waals surface area contributed by atoms with E-state index in [2.05, 4.69) is 0 Å². The van der Waals surface area contributed by atoms with Gasteiger partial charge < -0.3 is 5.11 Å². The molecule has 0 saturated carbocycles. The molecular weight excluding hydrogens is 328 g/mol. The first-order valence-electron chi connectivity index (χ1n) is 7.75. The van der Waals surface area contributed by atoms with Crippen LogP contribution in [0.5, 0.6) is 0 Å². The van der Waals surface area contributed by atoms with E-state index in [0.717, 1.165) is 11.0 Å². The molecule has 3 rings (SSSR count). The molecule has 4 nitrogen and oxygen atoms in total. The summed E-state index contributed by atoms with van der Waals surface area (Å²) in [5.74, 6) is -2.89. The van der Waals surface area contributed by atoms with Crippen LogP contribution in [0, 0.1) is 11.6 Å². The quantitative estimate of drug-likeness (QED) is 0.917. The topological polar surface area (TPSA) is 57.6 Å². The van der Waals surface area contributed by atoms with Gasteiger partial charge in [0.1, 0.15) is 11.6 Å². The predicted octanol–water partition coefficient (Wildman–Crippen LogP) is 3.84. The third kappa shape index (κ3) is 2.91. The molecule has 0 spiro atoms. The van der Waals surface area contributed by atoms with Gasteiger partial charge in [-0.1, -0.05) is 25.1 Å². The van der Waals surface area contributed by atoms with Gasteiger partial charge in [0, 0.05) is 12.1 Å². The lowest BCUT2D eigenvalue weighted by Gasteiger charge is -2.27. The van der Waals surface area contributed by atoms with E-state index in [9.17, 15) is 23.5 Å². The van der Waals surface area contributed by atoms with Gasteiger partial charge in [-0.2, -0.15) is 0 Å². The van der Waals surface area contributed by atoms with Crippen LogP contribution in [-0.2, 0) is 9.59 Å². The highest BCUT2D eigenvalue weighted by molar-refractivity contribution is 6.16. The number of halogens is 2. The molecule has 2 aromatic carbocycles. The molecule has 2 aromatic rings. The number of ketones is 1. The summed E-state index contributed by atoms with van der Waals surface area (Å²) in [6.45, 7) is 1.61. The minimum Gasteiger partial charge on any atom is -0.503 e. The Bertz CT molecular complexity index is 874. The number of nitrogens with zero attached hydrogens (tertiary/aromatic N) is 1. The van der Waals surface area contributed by atoms with E-state index < -0.39 is 35.1 Å². The molecule has 0 saturated heterocycles. The second-order valence-electron chi connectivity index (χ2n) is 5.65. The average Bonchev–Trinajstić information content (AvgIpc) is 2.86. The van der Waals surface area contributed by atoms with Gasteiger partial charge in [-0.05, 0) is 35.9 Å². The van der Waals surface area contributed by atoms with Crippen molar-refractivity contribution in [3.8, 4) is 0 Å². The smallest absolute Gasteiger partial charge is 0.294 e. The number of anilines is 1. The summed E-state index contributed by atoms with van der Waals surface area (Å²) >= 11 is 0. The summed E-state index contributed by atoms with van der Waals surface area (Å²) < 4.78 is 26.9. The van der Waals surface area contributed by atoms with E-state index in [1.807, 2.05) is 0 Å². The molecule has 25 heavy (non-hydrogen) atoms. The number of amides is 1. The summed E-state index contributed by atoms with van der Waals surface area (Å²) in [7, 11) is 0. The zero-order valence-electron chi connectivity index (χ0n) is 13.4. The molecule has 1 amide bonds. The van der Waals surface area contributed by atoms with Gasteiger partial charge in [0.25, 0.3) is 5.91 Å². The highest BCUT2D eigenvalue weighted by Gasteiger charge is 2.43. The lowest BCUT2D eigenvalue weighted by molar-refractivity contribution is -0.118. The van der Waals surface area contributed by atoms with E-state index in [1.165, 1.54) is 42.5 Å². The molecule has 1 N–H and O–H groups in total. The van der Waals surface area contributed by atoms with Crippen LogP contribution >= 0.6 is 0 Å². The Hall–Kier alpha value is -3.02. The highest BCUT2D eigenvalue weighted by atomic mass is 19.1. The molecule has 0 aliphatic carbocycles. The fourth-order valence-corrected chi connectivity index (χ4v) is 2.93. The van der Waals surface area contributed by atoms with Crippen LogP contribution < -0.4 is 4.90 Å². The van der Waals surface area contributed by atoms with Gasteiger partial charge in [0.2, 0.25) is 0 Å². The van der Waals surface area contributed by atoms with Crippen molar-refractivity contribution in [1.29, 1.82) is 0 Å². The molecule has 0 aromatic heterocycles. The van der Waals surface area contributed by atoms with Crippen LogP contribution in [0.25, 0.3) is 0 Å². The Kier molecular flexibility index (Phi) is 4.35. The molecule has 1 unspecified atom stereocenters. The zero-order chi connectivity index (χ0) is 18.1. The molecule has 1 aliphatic rings. The lowest BCUT2D eigenvalue weighted by Crippen LogP contribution is -2.31. The molecule has 6 heteroatoms. The number of Topliss-reactive ketones (excluding diaryl/α,β-unsaturated/α-hetero) is 1. The van der Waals surface area contributed by atoms with Crippen molar-refractivity contribution >= 4 is 17.4 Å². The van der Waals surface area contributed by atoms with Gasteiger partial charge in [0.05, 0.1) is 11.6 Å². The van der Waals surface area contributed by atoms with Crippen molar-refractivity contribution < 1.29 is 23.5 Å². The first-order chi connectivity index (χ1) is 11.9. The number of aliphatic hydroxyl groups is 1. The van der Waals surface area contributed by atoms with Crippen molar-refractivity contribution in [3.63, 3.8) is 0 Å². The van der Waals surface area contributed by atoms with Crippen molar-refractivity contribution in [2.45, 2.75) is 19.4 Å². The standard InChI is InChI=1S/C19H15F2NO3/c1-2-15(23)16-17(11-6-8-12(20)9-7-11)22(19(25)18(16)24)14-5-3-4-13(21)10-14/h3-10,17,24H,2H2,1H3. The molecule has 0 bridgehead atoms. The van der Waals surface area contributed by atoms with E-state index in [0.29, 0.717) is 5.56 Å². The number of hydrogen-bond acceptors (Lipinski definition) is 3. The van der Waals surface area contributed by atoms with Crippen molar-refractivity contribution in [2.24, 2.45) is 0 Å². The first kappa shape index (κ1) is 16.8. The van der Waals surface area contributed by atoms with Crippen LogP contribution in [-0.4, -0.2) is 16.8 Å². The largest absolute Gasteiger partial charge is 0.503 e. The second kappa shape index (κ2) is 6.47. The maximum atomic E-state index is 13.6. The maximum Gasteiger partial charge on any atom is 0.294 e. The summed E-state index contributed by atoms with van der Waals surface area (Å²) in [4.78, 5) is 26.0. The van der Waals surface area contributed by atoms with Gasteiger partial charge in [0.15, 0.2) is 11.5 Å². The Morgan fingerprint density at radius 2 is 1.80 bits per heavy atom. The number of aliphatic hydroxyl groups excluding tert-OH is 1. The van der Waals surface area contributed by atoms with E-state index in [4.69, 9.17) is 0 Å². The molecule has 128 valence electrons. The monoisotopic (exact) mass is 343 g/mol. The number of hydrogen-bond donors (Lipinski definition) is 1. The summed E-state index contributed by atoms with van der Waals surface area (Å²) in [5.41, 5.74) is 0.577. The fraction of sp³-hybridized carbons (Fsp3) is 0.158. The van der Waals surface area contributed by atoms with Gasteiger partial charge in [-0.3, -0.25) is 14.5 Å². The van der Waals surface area contributed by atoms with Crippen LogP contribution in [0.4, 0.5) is 14.5 Å². The Labute approximate surface area is 143 Å². The molecular formula is C19H15F2NO3. The van der Waals surface area contributed by atoms with Gasteiger partial charge >= 0.3 is 0 Å². The van der Waals surface area contributed by atoms with E-state index in [1.54, 1.807) is 6.92 Å². The van der Waals surface area contributed by atoms with Crippen LogP contribution in [0.1, 0.15) is 24.9 Å². The third-order valence-corrected chi connectivity index (χ3v) is 4.10.